The van der Waals surface area contributed by atoms with Crippen LogP contribution >= 0.6 is 23.5 Å². The van der Waals surface area contributed by atoms with Gasteiger partial charge in [0.05, 0.1) is 12.6 Å². The first-order valence-corrected chi connectivity index (χ1v) is 8.84. The Morgan fingerprint density at radius 1 is 1.27 bits per heavy atom. The molecule has 0 aromatic heterocycles. The second-order valence-electron chi connectivity index (χ2n) is 5.97. The molecule has 1 fully saturated rings. The van der Waals surface area contributed by atoms with E-state index in [0.29, 0.717) is 5.08 Å². The molecule has 0 saturated carbocycles. The fourth-order valence-electron chi connectivity index (χ4n) is 1.89. The van der Waals surface area contributed by atoms with Gasteiger partial charge in [0.2, 0.25) is 5.91 Å². The number of hydrogen-bond donors (Lipinski definition) is 4. The van der Waals surface area contributed by atoms with E-state index < -0.39 is 29.8 Å². The van der Waals surface area contributed by atoms with Crippen molar-refractivity contribution in [3.8, 4) is 0 Å². The number of aliphatic hydroxyl groups is 3. The molecule has 5 atom stereocenters. The number of carbonyl (C=O) groups excluding carboxylic acids is 1. The van der Waals surface area contributed by atoms with Gasteiger partial charge in [0.15, 0.2) is 0 Å². The minimum Gasteiger partial charge on any atom is -0.394 e. The zero-order valence-electron chi connectivity index (χ0n) is 12.8. The fraction of sp³-hybridized carbons (Fsp3) is 0.929. The predicted molar refractivity (Wildman–Crippen MR) is 91.9 cm³/mol. The van der Waals surface area contributed by atoms with E-state index in [-0.39, 0.29) is 24.7 Å². The molecule has 0 aromatic rings. The van der Waals surface area contributed by atoms with E-state index >= 15 is 0 Å². The van der Waals surface area contributed by atoms with Crippen molar-refractivity contribution in [2.45, 2.75) is 69.7 Å². The molecular weight excluding hydrogens is 326 g/mol. The molecule has 0 aliphatic carbocycles. The van der Waals surface area contributed by atoms with Crippen molar-refractivity contribution < 1.29 is 24.9 Å². The van der Waals surface area contributed by atoms with Crippen LogP contribution in [0.2, 0.25) is 0 Å². The summed E-state index contributed by atoms with van der Waals surface area (Å²) in [5.41, 5.74) is -0.515. The van der Waals surface area contributed by atoms with Crippen molar-refractivity contribution in [3.05, 3.63) is 0 Å². The molecule has 5 unspecified atom stereocenters. The molecule has 0 aromatic carbocycles. The van der Waals surface area contributed by atoms with Gasteiger partial charge in [-0.1, -0.05) is 28.2 Å². The number of thioether (sulfide) groups is 2. The lowest BCUT2D eigenvalue weighted by Gasteiger charge is -2.42. The lowest BCUT2D eigenvalue weighted by Crippen LogP contribution is -2.63. The molecule has 0 spiro atoms. The van der Waals surface area contributed by atoms with Crippen molar-refractivity contribution in [1.29, 1.82) is 0 Å². The van der Waals surface area contributed by atoms with E-state index in [1.807, 2.05) is 0 Å². The summed E-state index contributed by atoms with van der Waals surface area (Å²) in [4.78, 5) is 11.3. The minimum atomic E-state index is -1.22. The molecule has 1 aliphatic heterocycles. The first kappa shape index (κ1) is 22.0. The minimum absolute atomic E-state index is 0. The molecular formula is C14H29NO5S2. The van der Waals surface area contributed by atoms with Gasteiger partial charge in [-0.15, -0.1) is 23.5 Å². The van der Waals surface area contributed by atoms with Gasteiger partial charge in [-0.3, -0.25) is 4.79 Å². The van der Waals surface area contributed by atoms with Gasteiger partial charge in [0, 0.05) is 16.8 Å². The summed E-state index contributed by atoms with van der Waals surface area (Å²) in [5, 5.41) is 32.6. The largest absolute Gasteiger partial charge is 0.394 e. The van der Waals surface area contributed by atoms with Gasteiger partial charge in [-0.2, -0.15) is 0 Å². The van der Waals surface area contributed by atoms with Crippen LogP contribution in [-0.4, -0.2) is 67.5 Å². The predicted octanol–water partition coefficient (Wildman–Crippen LogP) is 0.789. The van der Waals surface area contributed by atoms with E-state index in [4.69, 9.17) is 4.74 Å². The van der Waals surface area contributed by atoms with Crippen LogP contribution < -0.4 is 5.32 Å². The summed E-state index contributed by atoms with van der Waals surface area (Å²) in [6, 6.07) is -0.703. The van der Waals surface area contributed by atoms with E-state index in [0.717, 1.165) is 0 Å². The summed E-state index contributed by atoms with van der Waals surface area (Å²) in [5.74, 6) is -0.300. The quantitative estimate of drug-likeness (QED) is 0.541. The molecule has 0 bridgehead atoms. The maximum Gasteiger partial charge on any atom is 0.217 e. The van der Waals surface area contributed by atoms with Crippen LogP contribution in [-0.2, 0) is 9.53 Å². The first-order chi connectivity index (χ1) is 9.65. The van der Waals surface area contributed by atoms with E-state index in [9.17, 15) is 20.1 Å². The Hall–Kier alpha value is 0.01000. The third-order valence-corrected chi connectivity index (χ3v) is 5.59. The van der Waals surface area contributed by atoms with Crippen LogP contribution in [0.3, 0.4) is 0 Å². The van der Waals surface area contributed by atoms with Crippen LogP contribution in [0.25, 0.3) is 0 Å². The Morgan fingerprint density at radius 2 is 1.86 bits per heavy atom. The maximum absolute atomic E-state index is 11.3. The highest BCUT2D eigenvalue weighted by molar-refractivity contribution is 8.16. The van der Waals surface area contributed by atoms with Gasteiger partial charge in [0.25, 0.3) is 0 Å². The van der Waals surface area contributed by atoms with Crippen LogP contribution in [0.4, 0.5) is 0 Å². The Balaban J connectivity index is 0.00000441. The number of carbonyl (C=O) groups is 1. The molecule has 4 N–H and O–H groups in total. The number of ether oxygens (including phenoxy) is 1. The highest BCUT2D eigenvalue weighted by Crippen LogP contribution is 2.34. The number of rotatable bonds is 5. The molecule has 1 rings (SSSR count). The second-order valence-corrected chi connectivity index (χ2v) is 9.23. The summed E-state index contributed by atoms with van der Waals surface area (Å²) in [7, 11) is 0. The monoisotopic (exact) mass is 355 g/mol. The highest BCUT2D eigenvalue weighted by Gasteiger charge is 2.44. The Labute approximate surface area is 141 Å². The zero-order chi connectivity index (χ0) is 16.2. The second kappa shape index (κ2) is 9.34. The first-order valence-electron chi connectivity index (χ1n) is 6.81. The molecule has 0 radical (unpaired) electrons. The van der Waals surface area contributed by atoms with Crippen molar-refractivity contribution >= 4 is 29.4 Å². The molecule has 1 amide bonds. The summed E-state index contributed by atoms with van der Waals surface area (Å²) in [6.07, 6.45) is -3.24. The summed E-state index contributed by atoms with van der Waals surface area (Å²) >= 11 is 3.17. The van der Waals surface area contributed by atoms with E-state index in [1.54, 1.807) is 11.8 Å². The van der Waals surface area contributed by atoms with Gasteiger partial charge < -0.3 is 25.4 Å². The van der Waals surface area contributed by atoms with Crippen LogP contribution in [0.1, 0.15) is 35.1 Å². The average molecular weight is 356 g/mol. The van der Waals surface area contributed by atoms with Crippen LogP contribution in [0.15, 0.2) is 0 Å². The maximum atomic E-state index is 11.3. The summed E-state index contributed by atoms with van der Waals surface area (Å²) < 4.78 is 5.72. The van der Waals surface area contributed by atoms with Crippen molar-refractivity contribution in [3.63, 3.8) is 0 Å². The van der Waals surface area contributed by atoms with Crippen LogP contribution in [0, 0.1) is 0 Å². The molecule has 1 saturated heterocycles. The molecule has 132 valence electrons. The third kappa shape index (κ3) is 6.64. The third-order valence-electron chi connectivity index (χ3n) is 2.98. The SMILES string of the molecule is C.CC(=O)NC1C(SCSC(C)(C)C)OC(CO)C(O)C1O. The number of amides is 1. The molecule has 8 heteroatoms. The van der Waals surface area contributed by atoms with Crippen molar-refractivity contribution in [2.24, 2.45) is 0 Å². The molecule has 6 nitrogen and oxygen atoms in total. The molecule has 1 aliphatic rings. The Bertz CT molecular complexity index is 351. The lowest BCUT2D eigenvalue weighted by atomic mass is 9.98. The molecule has 22 heavy (non-hydrogen) atoms. The fourth-order valence-corrected chi connectivity index (χ4v) is 4.77. The summed E-state index contributed by atoms with van der Waals surface area (Å²) in [6.45, 7) is 7.26. The highest BCUT2D eigenvalue weighted by atomic mass is 32.2. The van der Waals surface area contributed by atoms with Gasteiger partial charge in [0.1, 0.15) is 23.7 Å². The van der Waals surface area contributed by atoms with Gasteiger partial charge >= 0.3 is 0 Å². The smallest absolute Gasteiger partial charge is 0.217 e. The Kier molecular flexibility index (Phi) is 9.35. The van der Waals surface area contributed by atoms with Crippen molar-refractivity contribution in [1.82, 2.24) is 5.32 Å². The average Bonchev–Trinajstić information content (AvgIpc) is 2.35. The van der Waals surface area contributed by atoms with Crippen LogP contribution in [0.5, 0.6) is 0 Å². The standard InChI is InChI=1S/C13H25NO5S2.CH4/c1-7(16)14-9-11(18)10(17)8(5-15)19-12(9)20-6-21-13(2,3)4;/h8-12,15,17-18H,5-6H2,1-4H3,(H,14,16);1H4. The van der Waals surface area contributed by atoms with E-state index in [2.05, 4.69) is 26.1 Å². The van der Waals surface area contributed by atoms with Crippen molar-refractivity contribution in [2.75, 3.05) is 11.7 Å². The van der Waals surface area contributed by atoms with Gasteiger partial charge in [-0.05, 0) is 0 Å². The Morgan fingerprint density at radius 3 is 2.32 bits per heavy atom. The van der Waals surface area contributed by atoms with Gasteiger partial charge in [-0.25, -0.2) is 0 Å². The number of aliphatic hydroxyl groups excluding tert-OH is 3. The lowest BCUT2D eigenvalue weighted by molar-refractivity contribution is -0.173. The zero-order valence-corrected chi connectivity index (χ0v) is 14.4. The topological polar surface area (TPSA) is 99.0 Å². The molecule has 1 heterocycles. The normalized spacial score (nSPS) is 32.2. The number of nitrogens with one attached hydrogen (secondary N) is 1. The van der Waals surface area contributed by atoms with E-state index in [1.165, 1.54) is 18.7 Å². The number of hydrogen-bond acceptors (Lipinski definition) is 7.